The van der Waals surface area contributed by atoms with Crippen LogP contribution < -0.4 is 5.48 Å². The normalized spacial score (nSPS) is 10.8. The van der Waals surface area contributed by atoms with Gasteiger partial charge < -0.3 is 9.94 Å². The molecule has 31 heavy (non-hydrogen) atoms. The van der Waals surface area contributed by atoms with E-state index in [1.807, 2.05) is 30.3 Å². The molecule has 152 valence electrons. The molecular formula is C24H17N3O4. The number of phenolic OH excluding ortho intramolecular Hbond substituents is 1. The number of rotatable bonds is 5. The van der Waals surface area contributed by atoms with Crippen molar-refractivity contribution in [3.05, 3.63) is 102 Å². The number of hydrogen-bond donors (Lipinski definition) is 2. The van der Waals surface area contributed by atoms with Gasteiger partial charge in [-0.2, -0.15) is 0 Å². The molecule has 0 bridgehead atoms. The molecule has 2 N–H and O–H groups in total. The molecule has 7 nitrogen and oxygen atoms in total. The van der Waals surface area contributed by atoms with E-state index in [1.54, 1.807) is 54.6 Å². The third-order valence-electron chi connectivity index (χ3n) is 4.49. The van der Waals surface area contributed by atoms with Gasteiger partial charge in [0.25, 0.3) is 5.91 Å². The van der Waals surface area contributed by atoms with Crippen LogP contribution >= 0.6 is 0 Å². The van der Waals surface area contributed by atoms with E-state index in [9.17, 15) is 14.7 Å². The van der Waals surface area contributed by atoms with Gasteiger partial charge in [0, 0.05) is 0 Å². The van der Waals surface area contributed by atoms with E-state index in [-0.39, 0.29) is 11.3 Å². The Morgan fingerprint density at radius 3 is 2.16 bits per heavy atom. The molecule has 0 unspecified atom stereocenters. The highest BCUT2D eigenvalue weighted by Crippen LogP contribution is 2.26. The quantitative estimate of drug-likeness (QED) is 0.326. The third kappa shape index (κ3) is 4.73. The zero-order valence-corrected chi connectivity index (χ0v) is 16.2. The predicted molar refractivity (Wildman–Crippen MR) is 116 cm³/mol. The molecule has 4 rings (SSSR count). The fourth-order valence-corrected chi connectivity index (χ4v) is 2.89. The number of fused-ring (bicyclic) bond motifs is 1. The van der Waals surface area contributed by atoms with Crippen LogP contribution in [0.5, 0.6) is 5.75 Å². The number of carbonyl (C=O) groups is 2. The van der Waals surface area contributed by atoms with Crippen LogP contribution in [-0.2, 0) is 4.84 Å². The van der Waals surface area contributed by atoms with Crippen molar-refractivity contribution in [3.63, 3.8) is 0 Å². The number of carbonyl (C=O) groups excluding carboxylic acids is 2. The second kappa shape index (κ2) is 8.87. The lowest BCUT2D eigenvalue weighted by molar-refractivity contribution is 0.0596. The maximum Gasteiger partial charge on any atom is 0.362 e. The van der Waals surface area contributed by atoms with E-state index in [0.717, 1.165) is 10.8 Å². The first-order valence-corrected chi connectivity index (χ1v) is 9.40. The summed E-state index contributed by atoms with van der Waals surface area (Å²) in [5.74, 6) is -1.31. The molecule has 4 aromatic rings. The number of aromatic hydroxyl groups is 1. The lowest BCUT2D eigenvalue weighted by atomic mass is 10.1. The van der Waals surface area contributed by atoms with Gasteiger partial charge in [-0.3, -0.25) is 4.79 Å². The first kappa shape index (κ1) is 19.8. The summed E-state index contributed by atoms with van der Waals surface area (Å²) in [4.78, 5) is 29.3. The Labute approximate surface area is 177 Å². The summed E-state index contributed by atoms with van der Waals surface area (Å²) < 4.78 is 0. The lowest BCUT2D eigenvalue weighted by Crippen LogP contribution is -2.10. The molecule has 1 amide bonds. The largest absolute Gasteiger partial charge is 0.507 e. The molecule has 0 fully saturated rings. The molecule has 0 spiro atoms. The van der Waals surface area contributed by atoms with Crippen LogP contribution in [0.1, 0.15) is 20.7 Å². The van der Waals surface area contributed by atoms with Crippen molar-refractivity contribution >= 4 is 34.0 Å². The fraction of sp³-hybridized carbons (Fsp3) is 0. The summed E-state index contributed by atoms with van der Waals surface area (Å²) in [7, 11) is 0. The molecule has 0 aliphatic heterocycles. The zero-order chi connectivity index (χ0) is 21.6. The van der Waals surface area contributed by atoms with Crippen molar-refractivity contribution in [2.75, 3.05) is 5.48 Å². The summed E-state index contributed by atoms with van der Waals surface area (Å²) in [5, 5.41) is 19.4. The van der Waals surface area contributed by atoms with Gasteiger partial charge in [0.2, 0.25) is 0 Å². The Kier molecular flexibility index (Phi) is 5.66. The van der Waals surface area contributed by atoms with Crippen LogP contribution in [0.15, 0.2) is 101 Å². The predicted octanol–water partition coefficient (Wildman–Crippen LogP) is 5.65. The first-order chi connectivity index (χ1) is 15.1. The summed E-state index contributed by atoms with van der Waals surface area (Å²) >= 11 is 0. The molecule has 4 aromatic carbocycles. The minimum Gasteiger partial charge on any atom is -0.507 e. The van der Waals surface area contributed by atoms with Crippen LogP contribution in [-0.4, -0.2) is 17.0 Å². The highest BCUT2D eigenvalue weighted by atomic mass is 16.7. The van der Waals surface area contributed by atoms with Crippen LogP contribution in [0, 0.1) is 0 Å². The Balaban J connectivity index is 1.40. The molecule has 0 aliphatic carbocycles. The molecule has 0 aliphatic rings. The number of nitrogens with one attached hydrogen (secondary N) is 1. The van der Waals surface area contributed by atoms with E-state index in [0.29, 0.717) is 16.9 Å². The second-order valence-corrected chi connectivity index (χ2v) is 6.63. The van der Waals surface area contributed by atoms with Gasteiger partial charge >= 0.3 is 5.97 Å². The molecular weight excluding hydrogens is 394 g/mol. The van der Waals surface area contributed by atoms with Crippen molar-refractivity contribution in [1.29, 1.82) is 0 Å². The van der Waals surface area contributed by atoms with Crippen LogP contribution in [0.25, 0.3) is 10.8 Å². The van der Waals surface area contributed by atoms with E-state index >= 15 is 0 Å². The van der Waals surface area contributed by atoms with Gasteiger partial charge in [0.1, 0.15) is 5.75 Å². The number of nitrogens with zero attached hydrogens (tertiary/aromatic N) is 2. The molecule has 7 heteroatoms. The lowest BCUT2D eigenvalue weighted by Gasteiger charge is -2.06. The van der Waals surface area contributed by atoms with Gasteiger partial charge in [0.15, 0.2) is 0 Å². The van der Waals surface area contributed by atoms with Gasteiger partial charge in [-0.25, -0.2) is 10.3 Å². The Morgan fingerprint density at radius 2 is 1.45 bits per heavy atom. The van der Waals surface area contributed by atoms with Crippen LogP contribution in [0.4, 0.5) is 11.4 Å². The maximum absolute atomic E-state index is 12.4. The summed E-state index contributed by atoms with van der Waals surface area (Å²) in [6.07, 6.45) is 0. The standard InChI is InChI=1S/C24H17N3O4/c28-22-15-18-9-5-4-8-17(18)14-21(22)23(29)26-25-19-10-12-20(13-11-19)27-31-24(30)16-6-2-1-3-7-16/h1-15,27-28H. The molecule has 0 aromatic heterocycles. The van der Waals surface area contributed by atoms with Gasteiger partial charge in [-0.1, -0.05) is 42.5 Å². The molecule has 0 saturated carbocycles. The SMILES string of the molecule is O=C(ONc1ccc(N=NC(=O)c2cc3ccccc3cc2O)cc1)c1ccccc1. The number of benzene rings is 4. The van der Waals surface area contributed by atoms with Crippen molar-refractivity contribution in [3.8, 4) is 5.75 Å². The third-order valence-corrected chi connectivity index (χ3v) is 4.49. The van der Waals surface area contributed by atoms with Crippen molar-refractivity contribution in [2.45, 2.75) is 0 Å². The monoisotopic (exact) mass is 411 g/mol. The topological polar surface area (TPSA) is 100 Å². The molecule has 0 atom stereocenters. The Hall–Kier alpha value is -4.52. The van der Waals surface area contributed by atoms with Crippen molar-refractivity contribution < 1.29 is 19.5 Å². The number of hydrogen-bond acceptors (Lipinski definition) is 6. The van der Waals surface area contributed by atoms with Gasteiger partial charge in [0.05, 0.1) is 22.5 Å². The van der Waals surface area contributed by atoms with E-state index in [2.05, 4.69) is 15.7 Å². The summed E-state index contributed by atoms with van der Waals surface area (Å²) in [6.45, 7) is 0. The van der Waals surface area contributed by atoms with Crippen molar-refractivity contribution in [1.82, 2.24) is 0 Å². The Morgan fingerprint density at radius 1 is 0.806 bits per heavy atom. The number of azo groups is 1. The average molecular weight is 411 g/mol. The van der Waals surface area contributed by atoms with E-state index in [4.69, 9.17) is 4.84 Å². The van der Waals surface area contributed by atoms with E-state index in [1.165, 1.54) is 6.07 Å². The van der Waals surface area contributed by atoms with Gasteiger partial charge in [-0.15, -0.1) is 10.2 Å². The number of phenols is 1. The number of anilines is 1. The Bertz CT molecular complexity index is 1270. The van der Waals surface area contributed by atoms with Gasteiger partial charge in [-0.05, 0) is 59.3 Å². The highest BCUT2D eigenvalue weighted by Gasteiger charge is 2.12. The maximum atomic E-state index is 12.4. The highest BCUT2D eigenvalue weighted by molar-refractivity contribution is 6.01. The minimum atomic E-state index is -0.651. The summed E-state index contributed by atoms with van der Waals surface area (Å²) in [6, 6.07) is 25.6. The van der Waals surface area contributed by atoms with E-state index < -0.39 is 11.9 Å². The number of amides is 1. The second-order valence-electron chi connectivity index (χ2n) is 6.63. The molecule has 0 radical (unpaired) electrons. The first-order valence-electron chi connectivity index (χ1n) is 9.40. The van der Waals surface area contributed by atoms with Crippen LogP contribution in [0.2, 0.25) is 0 Å². The summed E-state index contributed by atoms with van der Waals surface area (Å²) in [5.41, 5.74) is 4.02. The van der Waals surface area contributed by atoms with Crippen molar-refractivity contribution in [2.24, 2.45) is 10.2 Å². The molecule has 0 heterocycles. The fourth-order valence-electron chi connectivity index (χ4n) is 2.89. The average Bonchev–Trinajstić information content (AvgIpc) is 2.81. The molecule has 0 saturated heterocycles. The smallest absolute Gasteiger partial charge is 0.362 e. The minimum absolute atomic E-state index is 0.0774. The zero-order valence-electron chi connectivity index (χ0n) is 16.2. The van der Waals surface area contributed by atoms with Crippen LogP contribution in [0.3, 0.4) is 0 Å².